The zero-order chi connectivity index (χ0) is 18.5. The molecule has 3 rings (SSSR count). The first-order valence-corrected chi connectivity index (χ1v) is 8.89. The summed E-state index contributed by atoms with van der Waals surface area (Å²) >= 11 is 0. The maximum atomic E-state index is 5.96. The van der Waals surface area contributed by atoms with Gasteiger partial charge in [0.1, 0.15) is 6.10 Å². The Bertz CT molecular complexity index is 715. The predicted molar refractivity (Wildman–Crippen MR) is 97.7 cm³/mol. The van der Waals surface area contributed by atoms with E-state index in [1.54, 1.807) is 26.6 Å². The van der Waals surface area contributed by atoms with Crippen molar-refractivity contribution in [3.05, 3.63) is 35.9 Å². The average Bonchev–Trinajstić information content (AvgIpc) is 2.69. The molecule has 3 heterocycles. The van der Waals surface area contributed by atoms with E-state index in [1.165, 1.54) is 0 Å². The summed E-state index contributed by atoms with van der Waals surface area (Å²) in [6.07, 6.45) is 5.50. The maximum Gasteiger partial charge on any atom is 0.257 e. The van der Waals surface area contributed by atoms with Crippen LogP contribution in [-0.2, 0) is 0 Å². The highest BCUT2D eigenvalue weighted by Crippen LogP contribution is 2.30. The molecule has 0 amide bonds. The van der Waals surface area contributed by atoms with E-state index in [9.17, 15) is 0 Å². The molecule has 0 N–H and O–H groups in total. The highest BCUT2D eigenvalue weighted by molar-refractivity contribution is 5.35. The van der Waals surface area contributed by atoms with Gasteiger partial charge in [0.2, 0.25) is 5.88 Å². The average molecular weight is 358 g/mol. The summed E-state index contributed by atoms with van der Waals surface area (Å²) in [6, 6.07) is 4.11. The normalized spacial score (nSPS) is 16.9. The lowest BCUT2D eigenvalue weighted by Gasteiger charge is -2.35. The first kappa shape index (κ1) is 18.4. The van der Waals surface area contributed by atoms with Crippen LogP contribution in [-0.4, -0.2) is 53.3 Å². The summed E-state index contributed by atoms with van der Waals surface area (Å²) in [5, 5.41) is 0. The predicted octanol–water partition coefficient (Wildman–Crippen LogP) is 2.80. The second kappa shape index (κ2) is 8.31. The van der Waals surface area contributed by atoms with Crippen LogP contribution >= 0.6 is 0 Å². The number of likely N-dealkylation sites (tertiary alicyclic amines) is 1. The fraction of sp³-hybridized carbons (Fsp3) is 0.526. The van der Waals surface area contributed by atoms with E-state index in [0.29, 0.717) is 17.5 Å². The largest absolute Gasteiger partial charge is 0.491 e. The lowest BCUT2D eigenvalue weighted by atomic mass is 10.0. The molecule has 0 spiro atoms. The Hall–Kier alpha value is -2.41. The van der Waals surface area contributed by atoms with Gasteiger partial charge < -0.3 is 14.2 Å². The first-order chi connectivity index (χ1) is 12.6. The SMILES string of the molecule is COc1ccc(C(C)N2CCC(Oc3cnc(C)cn3)CC2)nc1OC. The van der Waals surface area contributed by atoms with Crippen molar-refractivity contribution in [2.75, 3.05) is 27.3 Å². The molecule has 7 heteroatoms. The van der Waals surface area contributed by atoms with Gasteiger partial charge in [-0.3, -0.25) is 9.88 Å². The fourth-order valence-corrected chi connectivity index (χ4v) is 3.16. The molecule has 1 fully saturated rings. The molecule has 26 heavy (non-hydrogen) atoms. The van der Waals surface area contributed by atoms with Crippen LogP contribution in [0.3, 0.4) is 0 Å². The van der Waals surface area contributed by atoms with Crippen molar-refractivity contribution in [1.82, 2.24) is 19.9 Å². The highest BCUT2D eigenvalue weighted by atomic mass is 16.5. The van der Waals surface area contributed by atoms with Gasteiger partial charge in [-0.25, -0.2) is 9.97 Å². The third-order valence-corrected chi connectivity index (χ3v) is 4.76. The summed E-state index contributed by atoms with van der Waals surface area (Å²) in [7, 11) is 3.22. The van der Waals surface area contributed by atoms with E-state index in [-0.39, 0.29) is 12.1 Å². The van der Waals surface area contributed by atoms with Gasteiger partial charge in [-0.05, 0) is 38.8 Å². The van der Waals surface area contributed by atoms with E-state index < -0.39 is 0 Å². The van der Waals surface area contributed by atoms with Gasteiger partial charge in [0.05, 0.1) is 38.0 Å². The molecule has 0 radical (unpaired) electrons. The standard InChI is InChI=1S/C19H26N4O3/c1-13-11-21-18(12-20-13)26-15-7-9-23(10-8-15)14(2)16-5-6-17(24-3)19(22-16)25-4/h5-6,11-12,14-15H,7-10H2,1-4H3. The number of aryl methyl sites for hydroxylation is 1. The summed E-state index contributed by atoms with van der Waals surface area (Å²) in [6.45, 7) is 5.97. The molecule has 1 unspecified atom stereocenters. The zero-order valence-corrected chi connectivity index (χ0v) is 15.8. The number of piperidine rings is 1. The highest BCUT2D eigenvalue weighted by Gasteiger charge is 2.26. The molecule has 0 saturated carbocycles. The van der Waals surface area contributed by atoms with Gasteiger partial charge in [0.15, 0.2) is 5.75 Å². The van der Waals surface area contributed by atoms with Crippen LogP contribution < -0.4 is 14.2 Å². The summed E-state index contributed by atoms with van der Waals surface area (Å²) < 4.78 is 16.5. The number of methoxy groups -OCH3 is 2. The number of hydrogen-bond acceptors (Lipinski definition) is 7. The first-order valence-electron chi connectivity index (χ1n) is 8.89. The number of nitrogens with zero attached hydrogens (tertiary/aromatic N) is 4. The second-order valence-electron chi connectivity index (χ2n) is 6.47. The lowest BCUT2D eigenvalue weighted by Crippen LogP contribution is -2.39. The Morgan fingerprint density at radius 1 is 1.08 bits per heavy atom. The van der Waals surface area contributed by atoms with Gasteiger partial charge in [-0.1, -0.05) is 0 Å². The molecule has 0 aliphatic carbocycles. The third-order valence-electron chi connectivity index (χ3n) is 4.76. The minimum Gasteiger partial charge on any atom is -0.491 e. The second-order valence-corrected chi connectivity index (χ2v) is 6.47. The molecule has 1 atom stereocenters. The molecule has 2 aromatic rings. The molecule has 140 valence electrons. The number of pyridine rings is 1. The van der Waals surface area contributed by atoms with E-state index >= 15 is 0 Å². The quantitative estimate of drug-likeness (QED) is 0.786. The van der Waals surface area contributed by atoms with Crippen LogP contribution in [0.5, 0.6) is 17.5 Å². The molecule has 7 nitrogen and oxygen atoms in total. The number of aromatic nitrogens is 3. The van der Waals surface area contributed by atoms with E-state index in [1.807, 2.05) is 19.1 Å². The number of hydrogen-bond donors (Lipinski definition) is 0. The van der Waals surface area contributed by atoms with Crippen molar-refractivity contribution >= 4 is 0 Å². The van der Waals surface area contributed by atoms with Gasteiger partial charge in [-0.15, -0.1) is 0 Å². The van der Waals surface area contributed by atoms with Crippen molar-refractivity contribution in [3.8, 4) is 17.5 Å². The molecule has 1 saturated heterocycles. The van der Waals surface area contributed by atoms with Crippen molar-refractivity contribution in [3.63, 3.8) is 0 Å². The monoisotopic (exact) mass is 358 g/mol. The van der Waals surface area contributed by atoms with E-state index in [0.717, 1.165) is 37.3 Å². The smallest absolute Gasteiger partial charge is 0.257 e. The van der Waals surface area contributed by atoms with Gasteiger partial charge in [0, 0.05) is 19.1 Å². The molecule has 0 bridgehead atoms. The van der Waals surface area contributed by atoms with Gasteiger partial charge >= 0.3 is 0 Å². The molecule has 0 aromatic carbocycles. The van der Waals surface area contributed by atoms with Crippen molar-refractivity contribution in [2.45, 2.75) is 38.8 Å². The molecule has 2 aromatic heterocycles. The van der Waals surface area contributed by atoms with Crippen molar-refractivity contribution in [2.24, 2.45) is 0 Å². The van der Waals surface area contributed by atoms with Gasteiger partial charge in [-0.2, -0.15) is 0 Å². The molecule has 1 aliphatic rings. The molecule has 1 aliphatic heterocycles. The van der Waals surface area contributed by atoms with Crippen LogP contribution in [0.15, 0.2) is 24.5 Å². The van der Waals surface area contributed by atoms with Crippen LogP contribution in [0, 0.1) is 6.92 Å². The molecular formula is C19H26N4O3. The Kier molecular flexibility index (Phi) is 5.88. The van der Waals surface area contributed by atoms with Crippen LogP contribution in [0.2, 0.25) is 0 Å². The van der Waals surface area contributed by atoms with Crippen molar-refractivity contribution in [1.29, 1.82) is 0 Å². The fourth-order valence-electron chi connectivity index (χ4n) is 3.16. The van der Waals surface area contributed by atoms with Crippen LogP contribution in [0.4, 0.5) is 0 Å². The van der Waals surface area contributed by atoms with Crippen LogP contribution in [0.25, 0.3) is 0 Å². The lowest BCUT2D eigenvalue weighted by molar-refractivity contribution is 0.0753. The van der Waals surface area contributed by atoms with Crippen molar-refractivity contribution < 1.29 is 14.2 Å². The summed E-state index contributed by atoms with van der Waals surface area (Å²) in [5.74, 6) is 1.77. The van der Waals surface area contributed by atoms with Crippen LogP contribution in [0.1, 0.15) is 37.2 Å². The number of rotatable bonds is 6. The maximum absolute atomic E-state index is 5.96. The number of ether oxygens (including phenoxy) is 3. The topological polar surface area (TPSA) is 69.6 Å². The zero-order valence-electron chi connectivity index (χ0n) is 15.8. The minimum absolute atomic E-state index is 0.175. The Labute approximate surface area is 154 Å². The Balaban J connectivity index is 1.58. The Morgan fingerprint density at radius 2 is 1.85 bits per heavy atom. The Morgan fingerprint density at radius 3 is 2.46 bits per heavy atom. The molecular weight excluding hydrogens is 332 g/mol. The summed E-state index contributed by atoms with van der Waals surface area (Å²) in [4.78, 5) is 15.5. The van der Waals surface area contributed by atoms with E-state index in [2.05, 4.69) is 26.8 Å². The van der Waals surface area contributed by atoms with Gasteiger partial charge in [0.25, 0.3) is 5.88 Å². The van der Waals surface area contributed by atoms with E-state index in [4.69, 9.17) is 14.2 Å². The summed E-state index contributed by atoms with van der Waals surface area (Å²) in [5.41, 5.74) is 1.87. The third kappa shape index (κ3) is 4.22. The minimum atomic E-state index is 0.175.